The van der Waals surface area contributed by atoms with Gasteiger partial charge in [0.2, 0.25) is 5.91 Å². The van der Waals surface area contributed by atoms with Crippen LogP contribution in [0.3, 0.4) is 0 Å². The molecule has 4 nitrogen and oxygen atoms in total. The quantitative estimate of drug-likeness (QED) is 0.842. The van der Waals surface area contributed by atoms with E-state index in [2.05, 4.69) is 5.32 Å². The van der Waals surface area contributed by atoms with Gasteiger partial charge in [0.25, 0.3) is 0 Å². The van der Waals surface area contributed by atoms with E-state index in [-0.39, 0.29) is 11.9 Å². The number of hydrogen-bond acceptors (Lipinski definition) is 3. The van der Waals surface area contributed by atoms with Crippen LogP contribution in [0, 0.1) is 6.92 Å². The molecule has 1 aromatic heterocycles. The summed E-state index contributed by atoms with van der Waals surface area (Å²) in [4.78, 5) is 14.0. The second-order valence-corrected chi connectivity index (χ2v) is 4.96. The van der Waals surface area contributed by atoms with Gasteiger partial charge in [-0.2, -0.15) is 0 Å². The van der Waals surface area contributed by atoms with E-state index in [0.717, 1.165) is 30.9 Å². The highest BCUT2D eigenvalue weighted by Crippen LogP contribution is 2.26. The summed E-state index contributed by atoms with van der Waals surface area (Å²) in [5, 5.41) is 3.22. The van der Waals surface area contributed by atoms with Crippen LogP contribution in [0.4, 0.5) is 0 Å². The Bertz CT molecular complexity index is 410. The maximum atomic E-state index is 12.0. The number of carbonyl (C=O) groups excluding carboxylic acids is 1. The number of likely N-dealkylation sites (N-methyl/N-ethyl adjacent to an activating group) is 1. The molecule has 0 radical (unpaired) electrons. The number of carbonyl (C=O) groups is 1. The Balaban J connectivity index is 1.81. The highest BCUT2D eigenvalue weighted by atomic mass is 16.3. The summed E-state index contributed by atoms with van der Waals surface area (Å²) >= 11 is 0. The number of amides is 1. The molecule has 1 aromatic rings. The van der Waals surface area contributed by atoms with Crippen molar-refractivity contribution in [2.45, 2.75) is 45.7 Å². The van der Waals surface area contributed by atoms with Gasteiger partial charge in [-0.05, 0) is 45.7 Å². The lowest BCUT2D eigenvalue weighted by atomic mass is 10.2. The maximum Gasteiger partial charge on any atom is 0.236 e. The van der Waals surface area contributed by atoms with E-state index >= 15 is 0 Å². The average Bonchev–Trinajstić information content (AvgIpc) is 3.08. The molecule has 0 bridgehead atoms. The number of hydrogen-bond donors (Lipinski definition) is 1. The van der Waals surface area contributed by atoms with Crippen molar-refractivity contribution in [2.24, 2.45) is 0 Å². The Morgan fingerprint density at radius 2 is 2.28 bits per heavy atom. The van der Waals surface area contributed by atoms with E-state index < -0.39 is 0 Å². The van der Waals surface area contributed by atoms with Gasteiger partial charge < -0.3 is 9.32 Å². The van der Waals surface area contributed by atoms with Crippen LogP contribution in [-0.4, -0.2) is 29.9 Å². The first-order valence-electron chi connectivity index (χ1n) is 6.71. The summed E-state index contributed by atoms with van der Waals surface area (Å²) in [5.74, 6) is 1.98. The van der Waals surface area contributed by atoms with Crippen molar-refractivity contribution in [3.05, 3.63) is 23.7 Å². The number of aryl methyl sites for hydroxylation is 1. The summed E-state index contributed by atoms with van der Waals surface area (Å²) in [6.45, 7) is 7.16. The van der Waals surface area contributed by atoms with Gasteiger partial charge in [0.1, 0.15) is 11.5 Å². The zero-order chi connectivity index (χ0) is 13.1. The zero-order valence-corrected chi connectivity index (χ0v) is 11.4. The van der Waals surface area contributed by atoms with E-state index in [0.29, 0.717) is 12.6 Å². The van der Waals surface area contributed by atoms with E-state index in [1.165, 1.54) is 0 Å². The predicted octanol–water partition coefficient (Wildman–Crippen LogP) is 2.25. The third-order valence-corrected chi connectivity index (χ3v) is 3.40. The number of nitrogens with one attached hydrogen (secondary N) is 1. The number of nitrogens with zero attached hydrogens (tertiary/aromatic N) is 1. The summed E-state index contributed by atoms with van der Waals surface area (Å²) in [6.07, 6.45) is 2.32. The number of furan rings is 1. The molecule has 0 aliphatic heterocycles. The number of rotatable bonds is 6. The summed E-state index contributed by atoms with van der Waals surface area (Å²) < 4.78 is 5.54. The Morgan fingerprint density at radius 3 is 2.78 bits per heavy atom. The van der Waals surface area contributed by atoms with Gasteiger partial charge in [-0.15, -0.1) is 0 Å². The molecule has 2 rings (SSSR count). The van der Waals surface area contributed by atoms with Gasteiger partial charge in [0.15, 0.2) is 0 Å². The van der Waals surface area contributed by atoms with Gasteiger partial charge in [-0.1, -0.05) is 0 Å². The minimum absolute atomic E-state index is 0.0700. The lowest BCUT2D eigenvalue weighted by Gasteiger charge is -2.21. The summed E-state index contributed by atoms with van der Waals surface area (Å²) in [5.41, 5.74) is 0. The van der Waals surface area contributed by atoms with Crippen molar-refractivity contribution in [1.82, 2.24) is 10.2 Å². The minimum atomic E-state index is 0.0700. The van der Waals surface area contributed by atoms with Crippen molar-refractivity contribution in [3.63, 3.8) is 0 Å². The molecule has 1 saturated carbocycles. The Labute approximate surface area is 108 Å². The van der Waals surface area contributed by atoms with Gasteiger partial charge in [-0.25, -0.2) is 0 Å². The van der Waals surface area contributed by atoms with Crippen molar-refractivity contribution >= 4 is 5.91 Å². The largest absolute Gasteiger partial charge is 0.465 e. The van der Waals surface area contributed by atoms with E-state index in [1.54, 1.807) is 0 Å². The zero-order valence-electron chi connectivity index (χ0n) is 11.4. The molecule has 0 aromatic carbocycles. The van der Waals surface area contributed by atoms with E-state index in [9.17, 15) is 4.79 Å². The Hall–Kier alpha value is -1.29. The molecule has 1 atom stereocenters. The second kappa shape index (κ2) is 5.57. The third-order valence-electron chi connectivity index (χ3n) is 3.40. The molecule has 1 unspecified atom stereocenters. The SMILES string of the molecule is CCN(C(=O)CNC(C)c1ccc(C)o1)C1CC1. The molecule has 1 fully saturated rings. The summed E-state index contributed by atoms with van der Waals surface area (Å²) in [6, 6.07) is 4.46. The second-order valence-electron chi connectivity index (χ2n) is 4.96. The molecule has 0 saturated heterocycles. The first-order valence-corrected chi connectivity index (χ1v) is 6.71. The van der Waals surface area contributed by atoms with Gasteiger partial charge >= 0.3 is 0 Å². The smallest absolute Gasteiger partial charge is 0.236 e. The molecule has 1 heterocycles. The van der Waals surface area contributed by atoms with Crippen LogP contribution in [0.15, 0.2) is 16.5 Å². The molecule has 1 amide bonds. The Morgan fingerprint density at radius 1 is 1.56 bits per heavy atom. The van der Waals surface area contributed by atoms with Gasteiger partial charge in [-0.3, -0.25) is 10.1 Å². The maximum absolute atomic E-state index is 12.0. The monoisotopic (exact) mass is 250 g/mol. The normalized spacial score (nSPS) is 16.6. The minimum Gasteiger partial charge on any atom is -0.465 e. The fourth-order valence-corrected chi connectivity index (χ4v) is 2.15. The average molecular weight is 250 g/mol. The fourth-order valence-electron chi connectivity index (χ4n) is 2.15. The van der Waals surface area contributed by atoms with Crippen molar-refractivity contribution in [3.8, 4) is 0 Å². The van der Waals surface area contributed by atoms with Crippen LogP contribution >= 0.6 is 0 Å². The van der Waals surface area contributed by atoms with Crippen LogP contribution in [0.5, 0.6) is 0 Å². The van der Waals surface area contributed by atoms with Crippen LogP contribution in [0.25, 0.3) is 0 Å². The molecular formula is C14H22N2O2. The van der Waals surface area contributed by atoms with Gasteiger partial charge in [0.05, 0.1) is 12.6 Å². The topological polar surface area (TPSA) is 45.5 Å². The molecule has 100 valence electrons. The highest BCUT2D eigenvalue weighted by molar-refractivity contribution is 5.78. The third kappa shape index (κ3) is 3.13. The lowest BCUT2D eigenvalue weighted by Crippen LogP contribution is -2.40. The lowest BCUT2D eigenvalue weighted by molar-refractivity contribution is -0.130. The van der Waals surface area contributed by atoms with E-state index in [4.69, 9.17) is 4.42 Å². The van der Waals surface area contributed by atoms with Crippen LogP contribution in [0.1, 0.15) is 44.3 Å². The fraction of sp³-hybridized carbons (Fsp3) is 0.643. The molecule has 18 heavy (non-hydrogen) atoms. The van der Waals surface area contributed by atoms with Crippen molar-refractivity contribution in [1.29, 1.82) is 0 Å². The Kier molecular flexibility index (Phi) is 4.07. The molecular weight excluding hydrogens is 228 g/mol. The van der Waals surface area contributed by atoms with Crippen LogP contribution in [-0.2, 0) is 4.79 Å². The molecule has 1 N–H and O–H groups in total. The molecule has 4 heteroatoms. The van der Waals surface area contributed by atoms with Gasteiger partial charge in [0, 0.05) is 12.6 Å². The first-order chi connectivity index (χ1) is 8.61. The summed E-state index contributed by atoms with van der Waals surface area (Å²) in [7, 11) is 0. The predicted molar refractivity (Wildman–Crippen MR) is 70.3 cm³/mol. The highest BCUT2D eigenvalue weighted by Gasteiger charge is 2.31. The standard InChI is InChI=1S/C14H22N2O2/c1-4-16(12-6-7-12)14(17)9-15-11(3)13-8-5-10(2)18-13/h5,8,11-12,15H,4,6-7,9H2,1-3H3. The van der Waals surface area contributed by atoms with Crippen LogP contribution < -0.4 is 5.32 Å². The van der Waals surface area contributed by atoms with E-state index in [1.807, 2.05) is 37.8 Å². The van der Waals surface area contributed by atoms with Crippen LogP contribution in [0.2, 0.25) is 0 Å². The molecule has 0 spiro atoms. The van der Waals surface area contributed by atoms with Crippen molar-refractivity contribution < 1.29 is 9.21 Å². The van der Waals surface area contributed by atoms with Crippen molar-refractivity contribution in [2.75, 3.05) is 13.1 Å². The molecule has 1 aliphatic carbocycles. The molecule has 1 aliphatic rings. The first kappa shape index (κ1) is 13.1.